The largest absolute Gasteiger partial charge is 0.353 e. The van der Waals surface area contributed by atoms with Crippen molar-refractivity contribution in [1.82, 2.24) is 5.32 Å². The summed E-state index contributed by atoms with van der Waals surface area (Å²) in [5.41, 5.74) is 2.29. The highest BCUT2D eigenvalue weighted by Crippen LogP contribution is 2.05. The molecule has 0 radical (unpaired) electrons. The second-order valence-electron chi connectivity index (χ2n) is 4.76. The molecule has 0 bridgehead atoms. The van der Waals surface area contributed by atoms with Crippen molar-refractivity contribution >= 4 is 5.91 Å². The summed E-state index contributed by atoms with van der Waals surface area (Å²) in [5, 5.41) is 3.00. The molecule has 0 saturated carbocycles. The van der Waals surface area contributed by atoms with Gasteiger partial charge < -0.3 is 5.32 Å². The van der Waals surface area contributed by atoms with Gasteiger partial charge in [-0.05, 0) is 25.3 Å². The van der Waals surface area contributed by atoms with Crippen LogP contribution in [-0.4, -0.2) is 11.9 Å². The number of carbonyl (C=O) groups is 1. The molecule has 1 rings (SSSR count). The molecule has 1 N–H and O–H groups in total. The van der Waals surface area contributed by atoms with Crippen LogP contribution < -0.4 is 5.32 Å². The minimum Gasteiger partial charge on any atom is -0.353 e. The fourth-order valence-electron chi connectivity index (χ4n) is 1.36. The first-order valence-electron chi connectivity index (χ1n) is 5.84. The molecule has 0 spiro atoms. The van der Waals surface area contributed by atoms with Crippen LogP contribution >= 0.6 is 0 Å². The van der Waals surface area contributed by atoms with Gasteiger partial charge in [0.2, 0.25) is 5.91 Å². The Morgan fingerprint density at radius 2 is 1.75 bits per heavy atom. The van der Waals surface area contributed by atoms with Crippen molar-refractivity contribution in [3.05, 3.63) is 35.4 Å². The molecule has 16 heavy (non-hydrogen) atoms. The maximum Gasteiger partial charge on any atom is 0.224 e. The van der Waals surface area contributed by atoms with Gasteiger partial charge in [0, 0.05) is 6.04 Å². The topological polar surface area (TPSA) is 29.1 Å². The van der Waals surface area contributed by atoms with Crippen LogP contribution in [0.5, 0.6) is 0 Å². The molecular weight excluding hydrogens is 198 g/mol. The van der Waals surface area contributed by atoms with Gasteiger partial charge >= 0.3 is 0 Å². The molecule has 0 unspecified atom stereocenters. The zero-order valence-corrected chi connectivity index (χ0v) is 10.6. The molecule has 1 aromatic carbocycles. The third-order valence-electron chi connectivity index (χ3n) is 2.87. The van der Waals surface area contributed by atoms with Crippen LogP contribution in [0.1, 0.15) is 31.9 Å². The van der Waals surface area contributed by atoms with Crippen molar-refractivity contribution in [1.29, 1.82) is 0 Å². The minimum absolute atomic E-state index is 0.102. The highest BCUT2D eigenvalue weighted by molar-refractivity contribution is 5.78. The summed E-state index contributed by atoms with van der Waals surface area (Å²) in [6.07, 6.45) is 0.470. The van der Waals surface area contributed by atoms with Gasteiger partial charge in [-0.15, -0.1) is 0 Å². The predicted octanol–water partition coefficient (Wildman–Crippen LogP) is 2.70. The summed E-state index contributed by atoms with van der Waals surface area (Å²) in [6.45, 7) is 8.30. The van der Waals surface area contributed by atoms with Crippen molar-refractivity contribution in [3.63, 3.8) is 0 Å². The van der Waals surface area contributed by atoms with Crippen LogP contribution in [-0.2, 0) is 11.2 Å². The van der Waals surface area contributed by atoms with E-state index in [4.69, 9.17) is 0 Å². The van der Waals surface area contributed by atoms with Gasteiger partial charge in [-0.25, -0.2) is 0 Å². The molecule has 0 aliphatic rings. The number of hydrogen-bond donors (Lipinski definition) is 1. The number of aryl methyl sites for hydroxylation is 1. The number of hydrogen-bond acceptors (Lipinski definition) is 1. The highest BCUT2D eigenvalue weighted by atomic mass is 16.1. The van der Waals surface area contributed by atoms with E-state index >= 15 is 0 Å². The smallest absolute Gasteiger partial charge is 0.224 e. The van der Waals surface area contributed by atoms with Crippen molar-refractivity contribution in [2.45, 2.75) is 40.2 Å². The van der Waals surface area contributed by atoms with Crippen LogP contribution in [0.3, 0.4) is 0 Å². The normalized spacial score (nSPS) is 12.6. The fraction of sp³-hybridized carbons (Fsp3) is 0.500. The molecule has 0 aliphatic heterocycles. The number of amides is 1. The SMILES string of the molecule is Cc1ccc(CC(=O)N[C@H](C)C(C)C)cc1. The first-order chi connectivity index (χ1) is 7.49. The Hall–Kier alpha value is -1.31. The van der Waals surface area contributed by atoms with Gasteiger partial charge in [-0.1, -0.05) is 43.7 Å². The predicted molar refractivity (Wildman–Crippen MR) is 67.3 cm³/mol. The average Bonchev–Trinajstić information content (AvgIpc) is 2.21. The Bertz CT molecular complexity index is 340. The van der Waals surface area contributed by atoms with Gasteiger partial charge in [0.1, 0.15) is 0 Å². The van der Waals surface area contributed by atoms with E-state index in [0.29, 0.717) is 12.3 Å². The van der Waals surface area contributed by atoms with Gasteiger partial charge in [-0.3, -0.25) is 4.79 Å². The first kappa shape index (κ1) is 12.8. The van der Waals surface area contributed by atoms with Gasteiger partial charge in [-0.2, -0.15) is 0 Å². The van der Waals surface area contributed by atoms with Crippen molar-refractivity contribution in [3.8, 4) is 0 Å². The maximum absolute atomic E-state index is 11.7. The Morgan fingerprint density at radius 3 is 2.25 bits per heavy atom. The van der Waals surface area contributed by atoms with Crippen LogP contribution in [0.15, 0.2) is 24.3 Å². The van der Waals surface area contributed by atoms with E-state index in [2.05, 4.69) is 19.2 Å². The lowest BCUT2D eigenvalue weighted by atomic mass is 10.1. The van der Waals surface area contributed by atoms with Crippen LogP contribution in [0.25, 0.3) is 0 Å². The van der Waals surface area contributed by atoms with E-state index in [1.807, 2.05) is 38.1 Å². The summed E-state index contributed by atoms with van der Waals surface area (Å²) in [6, 6.07) is 8.32. The third kappa shape index (κ3) is 4.05. The minimum atomic E-state index is 0.102. The second-order valence-corrected chi connectivity index (χ2v) is 4.76. The van der Waals surface area contributed by atoms with E-state index in [1.165, 1.54) is 5.56 Å². The zero-order chi connectivity index (χ0) is 12.1. The van der Waals surface area contributed by atoms with E-state index in [9.17, 15) is 4.79 Å². The maximum atomic E-state index is 11.7. The van der Waals surface area contributed by atoms with Crippen LogP contribution in [0.4, 0.5) is 0 Å². The number of rotatable bonds is 4. The molecule has 0 fully saturated rings. The Morgan fingerprint density at radius 1 is 1.19 bits per heavy atom. The third-order valence-corrected chi connectivity index (χ3v) is 2.87. The lowest BCUT2D eigenvalue weighted by Crippen LogP contribution is -2.37. The molecule has 1 amide bonds. The first-order valence-corrected chi connectivity index (χ1v) is 5.84. The van der Waals surface area contributed by atoms with Crippen molar-refractivity contribution < 1.29 is 4.79 Å². The summed E-state index contributed by atoms with van der Waals surface area (Å²) in [4.78, 5) is 11.7. The van der Waals surface area contributed by atoms with Crippen LogP contribution in [0, 0.1) is 12.8 Å². The lowest BCUT2D eigenvalue weighted by Gasteiger charge is -2.17. The average molecular weight is 219 g/mol. The number of benzene rings is 1. The quantitative estimate of drug-likeness (QED) is 0.829. The van der Waals surface area contributed by atoms with E-state index in [1.54, 1.807) is 0 Å². The molecular formula is C14H21NO. The van der Waals surface area contributed by atoms with E-state index in [-0.39, 0.29) is 11.9 Å². The standard InChI is InChI=1S/C14H21NO/c1-10(2)12(4)15-14(16)9-13-7-5-11(3)6-8-13/h5-8,10,12H,9H2,1-4H3,(H,15,16)/t12-/m1/s1. The summed E-state index contributed by atoms with van der Waals surface area (Å²) in [7, 11) is 0. The molecule has 1 atom stereocenters. The number of nitrogens with one attached hydrogen (secondary N) is 1. The van der Waals surface area contributed by atoms with Gasteiger partial charge in [0.15, 0.2) is 0 Å². The zero-order valence-electron chi connectivity index (χ0n) is 10.6. The van der Waals surface area contributed by atoms with Crippen molar-refractivity contribution in [2.24, 2.45) is 5.92 Å². The van der Waals surface area contributed by atoms with Gasteiger partial charge in [0.25, 0.3) is 0 Å². The fourth-order valence-corrected chi connectivity index (χ4v) is 1.36. The second kappa shape index (κ2) is 5.69. The number of carbonyl (C=O) groups excluding carboxylic acids is 1. The Labute approximate surface area is 98.1 Å². The lowest BCUT2D eigenvalue weighted by molar-refractivity contribution is -0.121. The molecule has 0 aliphatic carbocycles. The molecule has 0 saturated heterocycles. The molecule has 0 heterocycles. The van der Waals surface area contributed by atoms with Crippen molar-refractivity contribution in [2.75, 3.05) is 0 Å². The molecule has 0 aromatic heterocycles. The highest BCUT2D eigenvalue weighted by Gasteiger charge is 2.10. The molecule has 2 nitrogen and oxygen atoms in total. The summed E-state index contributed by atoms with van der Waals surface area (Å²) < 4.78 is 0. The van der Waals surface area contributed by atoms with E-state index < -0.39 is 0 Å². The summed E-state index contributed by atoms with van der Waals surface area (Å²) in [5.74, 6) is 0.576. The van der Waals surface area contributed by atoms with Gasteiger partial charge in [0.05, 0.1) is 6.42 Å². The van der Waals surface area contributed by atoms with E-state index in [0.717, 1.165) is 5.56 Å². The molecule has 2 heteroatoms. The Kier molecular flexibility index (Phi) is 4.53. The molecule has 1 aromatic rings. The summed E-state index contributed by atoms with van der Waals surface area (Å²) >= 11 is 0. The molecule has 88 valence electrons. The monoisotopic (exact) mass is 219 g/mol. The van der Waals surface area contributed by atoms with Crippen LogP contribution in [0.2, 0.25) is 0 Å². The Balaban J connectivity index is 2.48.